The van der Waals surface area contributed by atoms with Gasteiger partial charge < -0.3 is 19.3 Å². The van der Waals surface area contributed by atoms with E-state index in [2.05, 4.69) is 26.2 Å². The first-order valence-corrected chi connectivity index (χ1v) is 12.2. The van der Waals surface area contributed by atoms with Gasteiger partial charge in [-0.25, -0.2) is 14.8 Å². The fourth-order valence-corrected chi connectivity index (χ4v) is 4.79. The second-order valence-electron chi connectivity index (χ2n) is 9.02. The van der Waals surface area contributed by atoms with Gasteiger partial charge in [-0.05, 0) is 26.8 Å². The highest BCUT2D eigenvalue weighted by molar-refractivity contribution is 7.10. The lowest BCUT2D eigenvalue weighted by atomic mass is 10.2. The van der Waals surface area contributed by atoms with Gasteiger partial charge in [0.05, 0.1) is 13.2 Å². The molecule has 0 unspecified atom stereocenters. The normalized spacial score (nSPS) is 18.1. The van der Waals surface area contributed by atoms with Crippen LogP contribution in [0, 0.1) is 0 Å². The van der Waals surface area contributed by atoms with Crippen molar-refractivity contribution >= 4 is 34.8 Å². The summed E-state index contributed by atoms with van der Waals surface area (Å²) in [5.41, 5.74) is 0.514. The van der Waals surface area contributed by atoms with Gasteiger partial charge in [0, 0.05) is 67.7 Å². The van der Waals surface area contributed by atoms with E-state index in [0.717, 1.165) is 44.1 Å². The molecule has 4 rings (SSSR count). The maximum atomic E-state index is 12.3. The topological polar surface area (TPSA) is 71.0 Å². The summed E-state index contributed by atoms with van der Waals surface area (Å²) in [5.74, 6) is 1.49. The molecule has 0 atom stereocenters. The number of morpholine rings is 1. The first kappa shape index (κ1) is 23.2. The lowest BCUT2D eigenvalue weighted by Crippen LogP contribution is -2.49. The molecule has 8 nitrogen and oxygen atoms in total. The van der Waals surface area contributed by atoms with Gasteiger partial charge in [-0.3, -0.25) is 4.90 Å². The molecule has 2 aromatic rings. The number of halogens is 1. The molecule has 32 heavy (non-hydrogen) atoms. The average molecular weight is 480 g/mol. The fourth-order valence-electron chi connectivity index (χ4n) is 3.71. The number of nitrogens with zero attached hydrogens (tertiary/aromatic N) is 5. The third kappa shape index (κ3) is 6.10. The number of hydrogen-bond acceptors (Lipinski definition) is 8. The molecule has 0 saturated carbocycles. The monoisotopic (exact) mass is 479 g/mol. The van der Waals surface area contributed by atoms with Crippen LogP contribution in [0.3, 0.4) is 0 Å². The number of aromatic nitrogens is 2. The Hall–Kier alpha value is -1.94. The van der Waals surface area contributed by atoms with Crippen molar-refractivity contribution in [1.82, 2.24) is 19.8 Å². The molecule has 2 fully saturated rings. The van der Waals surface area contributed by atoms with Crippen LogP contribution < -0.4 is 4.90 Å². The second-order valence-corrected chi connectivity index (χ2v) is 10.4. The van der Waals surface area contributed by atoms with E-state index in [1.807, 2.05) is 26.8 Å². The van der Waals surface area contributed by atoms with Crippen molar-refractivity contribution in [2.75, 3.05) is 57.4 Å². The van der Waals surface area contributed by atoms with Gasteiger partial charge in [0.15, 0.2) is 5.82 Å². The number of hydrogen-bond donors (Lipinski definition) is 0. The van der Waals surface area contributed by atoms with Gasteiger partial charge in [0.25, 0.3) is 0 Å². The van der Waals surface area contributed by atoms with Crippen LogP contribution in [0.4, 0.5) is 10.6 Å². The number of ether oxygens (including phenoxy) is 2. The van der Waals surface area contributed by atoms with Crippen molar-refractivity contribution in [3.8, 4) is 11.4 Å². The van der Waals surface area contributed by atoms with E-state index in [1.165, 1.54) is 4.88 Å². The van der Waals surface area contributed by atoms with Crippen LogP contribution in [0.1, 0.15) is 25.6 Å². The molecule has 10 heteroatoms. The lowest BCUT2D eigenvalue weighted by molar-refractivity contribution is 0.0140. The lowest BCUT2D eigenvalue weighted by Gasteiger charge is -2.35. The molecule has 2 aliphatic rings. The molecule has 4 heterocycles. The van der Waals surface area contributed by atoms with E-state index in [-0.39, 0.29) is 6.09 Å². The minimum absolute atomic E-state index is 0.232. The largest absolute Gasteiger partial charge is 0.444 e. The SMILES string of the molecule is CC(C)(C)OC(=O)N1CCN(Cc2cc(-c3nc(Cl)cc(N4CCOCC4)n3)cs2)CC1. The van der Waals surface area contributed by atoms with E-state index in [0.29, 0.717) is 37.3 Å². The summed E-state index contributed by atoms with van der Waals surface area (Å²) < 4.78 is 10.9. The Morgan fingerprint density at radius 3 is 2.53 bits per heavy atom. The van der Waals surface area contributed by atoms with Crippen molar-refractivity contribution in [1.29, 1.82) is 0 Å². The zero-order valence-corrected chi connectivity index (χ0v) is 20.4. The summed E-state index contributed by atoms with van der Waals surface area (Å²) in [4.78, 5) is 29.0. The van der Waals surface area contributed by atoms with Crippen LogP contribution in [0.25, 0.3) is 11.4 Å². The molecular weight excluding hydrogens is 450 g/mol. The van der Waals surface area contributed by atoms with E-state index in [9.17, 15) is 4.79 Å². The Labute approximate surface area is 198 Å². The Morgan fingerprint density at radius 2 is 1.84 bits per heavy atom. The number of carbonyl (C=O) groups excluding carboxylic acids is 1. The van der Waals surface area contributed by atoms with Crippen LogP contribution in [-0.4, -0.2) is 83.9 Å². The van der Waals surface area contributed by atoms with Crippen LogP contribution in [0.15, 0.2) is 17.5 Å². The number of rotatable bonds is 4. The first-order valence-electron chi connectivity index (χ1n) is 10.9. The molecule has 2 saturated heterocycles. The van der Waals surface area contributed by atoms with Crippen LogP contribution >= 0.6 is 22.9 Å². The molecule has 0 aromatic carbocycles. The van der Waals surface area contributed by atoms with Crippen molar-refractivity contribution in [2.24, 2.45) is 0 Å². The Kier molecular flexibility index (Phi) is 7.19. The quantitative estimate of drug-likeness (QED) is 0.618. The van der Waals surface area contributed by atoms with Crippen molar-refractivity contribution < 1.29 is 14.3 Å². The molecule has 2 aliphatic heterocycles. The number of piperazine rings is 1. The average Bonchev–Trinajstić information content (AvgIpc) is 3.22. The zero-order chi connectivity index (χ0) is 22.7. The van der Waals surface area contributed by atoms with Gasteiger partial charge in [-0.15, -0.1) is 11.3 Å². The van der Waals surface area contributed by atoms with Gasteiger partial charge >= 0.3 is 6.09 Å². The maximum absolute atomic E-state index is 12.3. The molecule has 1 amide bonds. The third-order valence-electron chi connectivity index (χ3n) is 5.33. The van der Waals surface area contributed by atoms with Gasteiger partial charge in [-0.1, -0.05) is 11.6 Å². The molecule has 0 aliphatic carbocycles. The smallest absolute Gasteiger partial charge is 0.410 e. The summed E-state index contributed by atoms with van der Waals surface area (Å²) in [6.07, 6.45) is -0.232. The van der Waals surface area contributed by atoms with Gasteiger partial charge in [0.1, 0.15) is 16.6 Å². The second kappa shape index (κ2) is 9.91. The molecule has 0 bridgehead atoms. The number of carbonyl (C=O) groups is 1. The summed E-state index contributed by atoms with van der Waals surface area (Å²) in [6, 6.07) is 3.95. The van der Waals surface area contributed by atoms with E-state index >= 15 is 0 Å². The predicted octanol–water partition coefficient (Wildman–Crippen LogP) is 3.75. The first-order chi connectivity index (χ1) is 15.3. The molecule has 0 radical (unpaired) electrons. The minimum atomic E-state index is -0.467. The minimum Gasteiger partial charge on any atom is -0.444 e. The van der Waals surface area contributed by atoms with E-state index in [4.69, 9.17) is 26.1 Å². The highest BCUT2D eigenvalue weighted by Gasteiger charge is 2.26. The van der Waals surface area contributed by atoms with E-state index < -0.39 is 5.60 Å². The number of amides is 1. The van der Waals surface area contributed by atoms with Gasteiger partial charge in [0.2, 0.25) is 0 Å². The number of thiophene rings is 1. The van der Waals surface area contributed by atoms with Crippen LogP contribution in [-0.2, 0) is 16.0 Å². The zero-order valence-electron chi connectivity index (χ0n) is 18.8. The highest BCUT2D eigenvalue weighted by Crippen LogP contribution is 2.28. The molecule has 174 valence electrons. The molecule has 2 aromatic heterocycles. The molecule has 0 N–H and O–H groups in total. The predicted molar refractivity (Wildman–Crippen MR) is 126 cm³/mol. The van der Waals surface area contributed by atoms with Gasteiger partial charge in [-0.2, -0.15) is 0 Å². The summed E-state index contributed by atoms with van der Waals surface area (Å²) >= 11 is 8.00. The maximum Gasteiger partial charge on any atom is 0.410 e. The van der Waals surface area contributed by atoms with Crippen LogP contribution in [0.2, 0.25) is 5.15 Å². The highest BCUT2D eigenvalue weighted by atomic mass is 35.5. The third-order valence-corrected chi connectivity index (χ3v) is 6.45. The van der Waals surface area contributed by atoms with Crippen molar-refractivity contribution in [3.05, 3.63) is 27.5 Å². The van der Waals surface area contributed by atoms with Crippen molar-refractivity contribution in [2.45, 2.75) is 32.9 Å². The fraction of sp³-hybridized carbons (Fsp3) is 0.591. The Balaban J connectivity index is 1.36. The van der Waals surface area contributed by atoms with Crippen LogP contribution in [0.5, 0.6) is 0 Å². The molecule has 0 spiro atoms. The summed E-state index contributed by atoms with van der Waals surface area (Å²) in [6.45, 7) is 12.5. The van der Waals surface area contributed by atoms with Crippen molar-refractivity contribution in [3.63, 3.8) is 0 Å². The van der Waals surface area contributed by atoms with E-state index in [1.54, 1.807) is 16.2 Å². The standard InChI is InChI=1S/C22H30ClN5O3S/c1-22(2,3)31-21(29)28-6-4-26(5-7-28)14-17-12-16(15-32-17)20-24-18(23)13-19(25-20)27-8-10-30-11-9-27/h12-13,15H,4-11,14H2,1-3H3. The molecular formula is C22H30ClN5O3S. The summed E-state index contributed by atoms with van der Waals surface area (Å²) in [5, 5.41) is 2.53. The Morgan fingerprint density at radius 1 is 1.12 bits per heavy atom. The Bertz CT molecular complexity index is 934. The number of anilines is 1. The summed E-state index contributed by atoms with van der Waals surface area (Å²) in [7, 11) is 0.